The zero-order chi connectivity index (χ0) is 19.9. The summed E-state index contributed by atoms with van der Waals surface area (Å²) in [5, 5.41) is 6.09. The van der Waals surface area contributed by atoms with E-state index in [9.17, 15) is 4.79 Å². The minimum Gasteiger partial charge on any atom is -0.493 e. The zero-order valence-electron chi connectivity index (χ0n) is 16.2. The molecule has 3 aromatic rings. The van der Waals surface area contributed by atoms with E-state index in [1.807, 2.05) is 49.4 Å². The van der Waals surface area contributed by atoms with Crippen molar-refractivity contribution in [3.05, 3.63) is 77.5 Å². The van der Waals surface area contributed by atoms with E-state index < -0.39 is 0 Å². The normalized spacial score (nSPS) is 10.2. The molecule has 2 N–H and O–H groups in total. The van der Waals surface area contributed by atoms with Gasteiger partial charge < -0.3 is 20.1 Å². The number of carbonyl (C=O) groups excluding carboxylic acids is 1. The van der Waals surface area contributed by atoms with Crippen molar-refractivity contribution in [3.63, 3.8) is 0 Å². The molecule has 0 atom stereocenters. The highest BCUT2D eigenvalue weighted by Crippen LogP contribution is 2.27. The molecule has 1 aromatic heterocycles. The maximum Gasteiger partial charge on any atom is 0.257 e. The summed E-state index contributed by atoms with van der Waals surface area (Å²) in [5.74, 6) is 1.86. The van der Waals surface area contributed by atoms with Crippen molar-refractivity contribution in [2.45, 2.75) is 13.5 Å². The Hall–Kier alpha value is -3.54. The van der Waals surface area contributed by atoms with Crippen LogP contribution >= 0.6 is 0 Å². The lowest BCUT2D eigenvalue weighted by Crippen LogP contribution is -2.12. The number of anilines is 2. The number of aryl methyl sites for hydroxylation is 1. The molecule has 1 amide bonds. The van der Waals surface area contributed by atoms with E-state index in [1.165, 1.54) is 0 Å². The van der Waals surface area contributed by atoms with Crippen LogP contribution in [0.4, 0.5) is 11.5 Å². The van der Waals surface area contributed by atoms with Crippen molar-refractivity contribution in [1.82, 2.24) is 4.98 Å². The lowest BCUT2D eigenvalue weighted by atomic mass is 10.2. The van der Waals surface area contributed by atoms with Gasteiger partial charge in [0, 0.05) is 18.4 Å². The van der Waals surface area contributed by atoms with Crippen LogP contribution in [-0.4, -0.2) is 25.1 Å². The Bertz CT molecular complexity index is 938. The van der Waals surface area contributed by atoms with Gasteiger partial charge in [0.1, 0.15) is 5.82 Å². The quantitative estimate of drug-likeness (QED) is 0.643. The van der Waals surface area contributed by atoms with Gasteiger partial charge >= 0.3 is 0 Å². The van der Waals surface area contributed by atoms with Gasteiger partial charge in [-0.1, -0.05) is 23.8 Å². The van der Waals surface area contributed by atoms with Crippen LogP contribution in [0.5, 0.6) is 11.5 Å². The molecule has 28 heavy (non-hydrogen) atoms. The molecule has 3 rings (SSSR count). The minimum atomic E-state index is -0.192. The van der Waals surface area contributed by atoms with Gasteiger partial charge in [0.05, 0.1) is 19.8 Å². The van der Waals surface area contributed by atoms with E-state index in [2.05, 4.69) is 15.6 Å². The zero-order valence-corrected chi connectivity index (χ0v) is 16.2. The fourth-order valence-electron chi connectivity index (χ4n) is 2.66. The number of carbonyl (C=O) groups is 1. The summed E-state index contributed by atoms with van der Waals surface area (Å²) in [5.41, 5.74) is 3.42. The third-order valence-corrected chi connectivity index (χ3v) is 4.26. The van der Waals surface area contributed by atoms with Crippen molar-refractivity contribution >= 4 is 17.4 Å². The molecule has 0 fully saturated rings. The molecule has 0 aliphatic carbocycles. The molecule has 0 aliphatic rings. The highest BCUT2D eigenvalue weighted by molar-refractivity contribution is 6.04. The number of rotatable bonds is 7. The molecule has 0 saturated heterocycles. The summed E-state index contributed by atoms with van der Waals surface area (Å²) in [4.78, 5) is 16.6. The second kappa shape index (κ2) is 8.90. The Labute approximate surface area is 164 Å². The number of amides is 1. The highest BCUT2D eigenvalue weighted by atomic mass is 16.5. The van der Waals surface area contributed by atoms with E-state index in [0.29, 0.717) is 29.4 Å². The second-order valence-electron chi connectivity index (χ2n) is 6.30. The fraction of sp³-hybridized carbons (Fsp3) is 0.182. The molecule has 144 valence electrons. The number of nitrogens with one attached hydrogen (secondary N) is 2. The fourth-order valence-corrected chi connectivity index (χ4v) is 2.66. The van der Waals surface area contributed by atoms with Gasteiger partial charge in [-0.15, -0.1) is 0 Å². The first-order valence-electron chi connectivity index (χ1n) is 8.88. The number of hydrogen-bond donors (Lipinski definition) is 2. The van der Waals surface area contributed by atoms with Crippen molar-refractivity contribution in [2.24, 2.45) is 0 Å². The summed E-state index contributed by atoms with van der Waals surface area (Å²) >= 11 is 0. The Morgan fingerprint density at radius 3 is 2.36 bits per heavy atom. The molecule has 0 bridgehead atoms. The number of pyridine rings is 1. The van der Waals surface area contributed by atoms with Crippen LogP contribution in [0.2, 0.25) is 0 Å². The lowest BCUT2D eigenvalue weighted by Gasteiger charge is -2.11. The molecule has 6 nitrogen and oxygen atoms in total. The summed E-state index contributed by atoms with van der Waals surface area (Å²) in [7, 11) is 3.22. The van der Waals surface area contributed by atoms with Crippen molar-refractivity contribution < 1.29 is 14.3 Å². The van der Waals surface area contributed by atoms with E-state index in [4.69, 9.17) is 9.47 Å². The van der Waals surface area contributed by atoms with Crippen LogP contribution in [0.25, 0.3) is 0 Å². The van der Waals surface area contributed by atoms with Gasteiger partial charge in [-0.25, -0.2) is 4.98 Å². The Balaban J connectivity index is 1.59. The van der Waals surface area contributed by atoms with Gasteiger partial charge in [0.15, 0.2) is 11.5 Å². The first-order valence-corrected chi connectivity index (χ1v) is 8.88. The number of methoxy groups -OCH3 is 2. The van der Waals surface area contributed by atoms with Crippen LogP contribution in [-0.2, 0) is 6.54 Å². The summed E-state index contributed by atoms with van der Waals surface area (Å²) in [6, 6.07) is 16.9. The number of aromatic nitrogens is 1. The Morgan fingerprint density at radius 1 is 0.964 bits per heavy atom. The third kappa shape index (κ3) is 4.79. The van der Waals surface area contributed by atoms with E-state index in [0.717, 1.165) is 16.8 Å². The van der Waals surface area contributed by atoms with Crippen molar-refractivity contribution in [1.29, 1.82) is 0 Å². The summed E-state index contributed by atoms with van der Waals surface area (Å²) in [6.07, 6.45) is 1.56. The van der Waals surface area contributed by atoms with Gasteiger partial charge in [-0.05, 0) is 48.9 Å². The second-order valence-corrected chi connectivity index (χ2v) is 6.30. The first kappa shape index (κ1) is 19.2. The van der Waals surface area contributed by atoms with E-state index in [1.54, 1.807) is 32.5 Å². The first-order chi connectivity index (χ1) is 13.6. The van der Waals surface area contributed by atoms with Crippen LogP contribution in [0, 0.1) is 6.92 Å². The Kier molecular flexibility index (Phi) is 6.11. The number of hydrogen-bond acceptors (Lipinski definition) is 5. The van der Waals surface area contributed by atoms with Crippen LogP contribution in [0.1, 0.15) is 21.5 Å². The molecule has 0 saturated carbocycles. The lowest BCUT2D eigenvalue weighted by molar-refractivity contribution is 0.102. The SMILES string of the molecule is COc1ccc(CNc2ccc(C(=O)Nc3ccc(C)cc3)cn2)cc1OC. The molecule has 0 spiro atoms. The smallest absolute Gasteiger partial charge is 0.257 e. The predicted molar refractivity (Wildman–Crippen MR) is 110 cm³/mol. The molecule has 6 heteroatoms. The third-order valence-electron chi connectivity index (χ3n) is 4.26. The standard InChI is InChI=1S/C22H23N3O3/c1-15-4-8-18(9-5-15)25-22(26)17-7-11-21(24-14-17)23-13-16-6-10-19(27-2)20(12-16)28-3/h4-12,14H,13H2,1-3H3,(H,23,24)(H,25,26). The van der Waals surface area contributed by atoms with Gasteiger partial charge in [0.2, 0.25) is 0 Å². The average molecular weight is 377 g/mol. The number of benzene rings is 2. The van der Waals surface area contributed by atoms with Gasteiger partial charge in [-0.3, -0.25) is 4.79 Å². The average Bonchev–Trinajstić information content (AvgIpc) is 2.74. The van der Waals surface area contributed by atoms with Gasteiger partial charge in [0.25, 0.3) is 5.91 Å². The van der Waals surface area contributed by atoms with Gasteiger partial charge in [-0.2, -0.15) is 0 Å². The maximum absolute atomic E-state index is 12.3. The highest BCUT2D eigenvalue weighted by Gasteiger charge is 2.08. The minimum absolute atomic E-state index is 0.192. The van der Waals surface area contributed by atoms with E-state index in [-0.39, 0.29) is 5.91 Å². The molecular weight excluding hydrogens is 354 g/mol. The molecule has 2 aromatic carbocycles. The molecule has 0 aliphatic heterocycles. The Morgan fingerprint density at radius 2 is 1.71 bits per heavy atom. The number of nitrogens with zero attached hydrogens (tertiary/aromatic N) is 1. The van der Waals surface area contributed by atoms with E-state index >= 15 is 0 Å². The monoisotopic (exact) mass is 377 g/mol. The topological polar surface area (TPSA) is 72.5 Å². The summed E-state index contributed by atoms with van der Waals surface area (Å²) < 4.78 is 10.6. The molecule has 0 unspecified atom stereocenters. The molecule has 1 heterocycles. The predicted octanol–water partition coefficient (Wildman–Crippen LogP) is 4.27. The largest absolute Gasteiger partial charge is 0.493 e. The molecular formula is C22H23N3O3. The van der Waals surface area contributed by atoms with Crippen molar-refractivity contribution in [2.75, 3.05) is 24.9 Å². The van der Waals surface area contributed by atoms with Crippen LogP contribution in [0.3, 0.4) is 0 Å². The number of ether oxygens (including phenoxy) is 2. The van der Waals surface area contributed by atoms with Crippen LogP contribution < -0.4 is 20.1 Å². The maximum atomic E-state index is 12.3. The summed E-state index contributed by atoms with van der Waals surface area (Å²) in [6.45, 7) is 2.57. The van der Waals surface area contributed by atoms with Crippen LogP contribution in [0.15, 0.2) is 60.8 Å². The molecule has 0 radical (unpaired) electrons. The van der Waals surface area contributed by atoms with Crippen molar-refractivity contribution in [3.8, 4) is 11.5 Å².